The molecule has 1 unspecified atom stereocenters. The molecule has 1 amide bonds. The summed E-state index contributed by atoms with van der Waals surface area (Å²) >= 11 is 6.15. The maximum absolute atomic E-state index is 12.6. The molecule has 2 aromatic rings. The number of halogens is 1. The molecule has 0 spiro atoms. The second-order valence-corrected chi connectivity index (χ2v) is 5.54. The third-order valence-electron chi connectivity index (χ3n) is 3.64. The van der Waals surface area contributed by atoms with Crippen LogP contribution in [0.4, 0.5) is 0 Å². The number of aryl methyl sites for hydroxylation is 1. The van der Waals surface area contributed by atoms with Crippen molar-refractivity contribution < 1.29 is 9.90 Å². The summed E-state index contributed by atoms with van der Waals surface area (Å²) in [5.74, 6) is 0.00964. The number of benzene rings is 2. The number of phenolic OH excluding ortho intramolecular Hbond substituents is 1. The van der Waals surface area contributed by atoms with Crippen LogP contribution in [-0.2, 0) is 0 Å². The summed E-state index contributed by atoms with van der Waals surface area (Å²) in [6.07, 6.45) is 0. The molecule has 0 aromatic heterocycles. The average molecular weight is 304 g/mol. The minimum Gasteiger partial charge on any atom is -0.508 e. The van der Waals surface area contributed by atoms with Crippen LogP contribution in [0.15, 0.2) is 42.5 Å². The van der Waals surface area contributed by atoms with Crippen LogP contribution in [0.3, 0.4) is 0 Å². The van der Waals surface area contributed by atoms with E-state index in [-0.39, 0.29) is 17.7 Å². The van der Waals surface area contributed by atoms with E-state index >= 15 is 0 Å². The van der Waals surface area contributed by atoms with E-state index < -0.39 is 0 Å². The van der Waals surface area contributed by atoms with Gasteiger partial charge in [0.2, 0.25) is 0 Å². The molecule has 0 fully saturated rings. The Bertz CT molecular complexity index is 670. The van der Waals surface area contributed by atoms with Crippen molar-refractivity contribution in [3.05, 3.63) is 64.2 Å². The Kier molecular flexibility index (Phi) is 4.53. The number of carbonyl (C=O) groups is 1. The molecule has 2 rings (SSSR count). The van der Waals surface area contributed by atoms with Crippen molar-refractivity contribution in [2.45, 2.75) is 19.9 Å². The average Bonchev–Trinajstić information content (AvgIpc) is 2.45. The summed E-state index contributed by atoms with van der Waals surface area (Å²) in [4.78, 5) is 14.1. The van der Waals surface area contributed by atoms with Crippen molar-refractivity contribution in [1.29, 1.82) is 0 Å². The molecule has 21 heavy (non-hydrogen) atoms. The van der Waals surface area contributed by atoms with Crippen LogP contribution in [0.1, 0.15) is 34.5 Å². The van der Waals surface area contributed by atoms with Crippen molar-refractivity contribution in [3.8, 4) is 5.75 Å². The van der Waals surface area contributed by atoms with Crippen molar-refractivity contribution in [2.24, 2.45) is 0 Å². The first-order valence-corrected chi connectivity index (χ1v) is 7.11. The number of hydrogen-bond donors (Lipinski definition) is 1. The van der Waals surface area contributed by atoms with E-state index in [4.69, 9.17) is 11.6 Å². The maximum atomic E-state index is 12.6. The van der Waals surface area contributed by atoms with Gasteiger partial charge < -0.3 is 10.0 Å². The molecular formula is C17H18ClNO2. The first-order chi connectivity index (χ1) is 9.91. The summed E-state index contributed by atoms with van der Waals surface area (Å²) < 4.78 is 0. The molecule has 2 aromatic carbocycles. The fraction of sp³-hybridized carbons (Fsp3) is 0.235. The van der Waals surface area contributed by atoms with Crippen molar-refractivity contribution in [2.75, 3.05) is 7.05 Å². The Morgan fingerprint density at radius 1 is 1.24 bits per heavy atom. The van der Waals surface area contributed by atoms with E-state index in [2.05, 4.69) is 0 Å². The molecule has 3 nitrogen and oxygen atoms in total. The van der Waals surface area contributed by atoms with Gasteiger partial charge in [0.15, 0.2) is 0 Å². The predicted octanol–water partition coefficient (Wildman–Crippen LogP) is 4.19. The third kappa shape index (κ3) is 3.19. The molecule has 0 aliphatic rings. The normalized spacial score (nSPS) is 12.0. The zero-order chi connectivity index (χ0) is 15.6. The van der Waals surface area contributed by atoms with Gasteiger partial charge in [0.25, 0.3) is 5.91 Å². The van der Waals surface area contributed by atoms with E-state index in [1.54, 1.807) is 42.3 Å². The second kappa shape index (κ2) is 6.19. The second-order valence-electron chi connectivity index (χ2n) is 5.13. The first kappa shape index (κ1) is 15.4. The number of carbonyl (C=O) groups excluding carboxylic acids is 1. The van der Waals surface area contributed by atoms with Gasteiger partial charge in [-0.25, -0.2) is 0 Å². The topological polar surface area (TPSA) is 40.5 Å². The zero-order valence-corrected chi connectivity index (χ0v) is 13.1. The predicted molar refractivity (Wildman–Crippen MR) is 84.8 cm³/mol. The molecule has 0 saturated carbocycles. The summed E-state index contributed by atoms with van der Waals surface area (Å²) in [5, 5.41) is 10.4. The molecule has 4 heteroatoms. The molecule has 0 saturated heterocycles. The number of rotatable bonds is 3. The number of nitrogens with zero attached hydrogens (tertiary/aromatic N) is 1. The molecule has 0 aliphatic carbocycles. The van der Waals surface area contributed by atoms with Crippen LogP contribution in [0, 0.1) is 6.92 Å². The van der Waals surface area contributed by atoms with E-state index in [1.807, 2.05) is 26.0 Å². The summed E-state index contributed by atoms with van der Waals surface area (Å²) in [7, 11) is 1.70. The van der Waals surface area contributed by atoms with Gasteiger partial charge in [0.05, 0.1) is 16.6 Å². The molecule has 0 bridgehead atoms. The number of amides is 1. The number of para-hydroxylation sites is 1. The Hall–Kier alpha value is -2.00. The SMILES string of the molecule is Cc1ccc(C(=O)N(C)C(C)c2ccccc2O)c(Cl)c1. The van der Waals surface area contributed by atoms with Crippen molar-refractivity contribution in [3.63, 3.8) is 0 Å². The minimum absolute atomic E-state index is 0.171. The highest BCUT2D eigenvalue weighted by Crippen LogP contribution is 2.29. The fourth-order valence-corrected chi connectivity index (χ4v) is 2.52. The lowest BCUT2D eigenvalue weighted by atomic mass is 10.0. The van der Waals surface area contributed by atoms with Gasteiger partial charge in [-0.2, -0.15) is 0 Å². The summed E-state index contributed by atoms with van der Waals surface area (Å²) in [6, 6.07) is 12.1. The van der Waals surface area contributed by atoms with Gasteiger partial charge in [-0.3, -0.25) is 4.79 Å². The van der Waals surface area contributed by atoms with Gasteiger partial charge >= 0.3 is 0 Å². The van der Waals surface area contributed by atoms with Crippen LogP contribution in [0.5, 0.6) is 5.75 Å². The van der Waals surface area contributed by atoms with Gasteiger partial charge in [-0.05, 0) is 37.6 Å². The van der Waals surface area contributed by atoms with E-state index in [1.165, 1.54) is 0 Å². The van der Waals surface area contributed by atoms with Crippen molar-refractivity contribution in [1.82, 2.24) is 4.90 Å². The Morgan fingerprint density at radius 3 is 2.52 bits per heavy atom. The highest BCUT2D eigenvalue weighted by atomic mass is 35.5. The third-order valence-corrected chi connectivity index (χ3v) is 3.96. The van der Waals surface area contributed by atoms with Gasteiger partial charge in [0.1, 0.15) is 5.75 Å². The highest BCUT2D eigenvalue weighted by Gasteiger charge is 2.22. The molecule has 0 heterocycles. The fourth-order valence-electron chi connectivity index (χ4n) is 2.21. The lowest BCUT2D eigenvalue weighted by molar-refractivity contribution is 0.0741. The van der Waals surface area contributed by atoms with Crippen LogP contribution in [0.2, 0.25) is 5.02 Å². The maximum Gasteiger partial charge on any atom is 0.255 e. The molecule has 0 radical (unpaired) electrons. The molecule has 1 N–H and O–H groups in total. The largest absolute Gasteiger partial charge is 0.508 e. The monoisotopic (exact) mass is 303 g/mol. The number of phenols is 1. The molecule has 0 aliphatic heterocycles. The van der Waals surface area contributed by atoms with Gasteiger partial charge in [-0.15, -0.1) is 0 Å². The Labute approximate surface area is 129 Å². The quantitative estimate of drug-likeness (QED) is 0.923. The molecule has 110 valence electrons. The standard InChI is InChI=1S/C17H18ClNO2/c1-11-8-9-14(15(18)10-11)17(21)19(3)12(2)13-6-4-5-7-16(13)20/h4-10,12,20H,1-3H3. The van der Waals surface area contributed by atoms with Crippen LogP contribution in [0.25, 0.3) is 0 Å². The summed E-state index contributed by atoms with van der Waals surface area (Å²) in [5.41, 5.74) is 2.18. The van der Waals surface area contributed by atoms with Crippen LogP contribution >= 0.6 is 11.6 Å². The van der Waals surface area contributed by atoms with Crippen LogP contribution < -0.4 is 0 Å². The zero-order valence-electron chi connectivity index (χ0n) is 12.3. The number of hydrogen-bond acceptors (Lipinski definition) is 2. The van der Waals surface area contributed by atoms with Gasteiger partial charge in [-0.1, -0.05) is 35.9 Å². The smallest absolute Gasteiger partial charge is 0.255 e. The lowest BCUT2D eigenvalue weighted by Crippen LogP contribution is -2.30. The molecule has 1 atom stereocenters. The number of aromatic hydroxyl groups is 1. The Morgan fingerprint density at radius 2 is 1.90 bits per heavy atom. The van der Waals surface area contributed by atoms with Gasteiger partial charge in [0, 0.05) is 12.6 Å². The minimum atomic E-state index is -0.254. The Balaban J connectivity index is 2.29. The first-order valence-electron chi connectivity index (χ1n) is 6.73. The molecular weight excluding hydrogens is 286 g/mol. The van der Waals surface area contributed by atoms with E-state index in [0.29, 0.717) is 16.1 Å². The van der Waals surface area contributed by atoms with Crippen molar-refractivity contribution >= 4 is 17.5 Å². The lowest BCUT2D eigenvalue weighted by Gasteiger charge is -2.26. The summed E-state index contributed by atoms with van der Waals surface area (Å²) in [6.45, 7) is 3.80. The highest BCUT2D eigenvalue weighted by molar-refractivity contribution is 6.33. The van der Waals surface area contributed by atoms with E-state index in [9.17, 15) is 9.90 Å². The van der Waals surface area contributed by atoms with E-state index in [0.717, 1.165) is 5.56 Å². The van der Waals surface area contributed by atoms with Crippen LogP contribution in [-0.4, -0.2) is 23.0 Å².